The molecule has 0 aliphatic rings. The highest BCUT2D eigenvalue weighted by molar-refractivity contribution is 6.42. The molecule has 0 saturated heterocycles. The number of esters is 1. The van der Waals surface area contributed by atoms with E-state index >= 15 is 0 Å². The third kappa shape index (κ3) is 3.48. The van der Waals surface area contributed by atoms with Crippen LogP contribution in [0.4, 0.5) is 0 Å². The van der Waals surface area contributed by atoms with Gasteiger partial charge in [-0.2, -0.15) is 0 Å². The summed E-state index contributed by atoms with van der Waals surface area (Å²) in [6.07, 6.45) is 0. The largest absolute Gasteiger partial charge is 0.461 e. The maximum Gasteiger partial charge on any atom is 0.360 e. The molecule has 21 heavy (non-hydrogen) atoms. The van der Waals surface area contributed by atoms with Gasteiger partial charge in [-0.3, -0.25) is 0 Å². The Labute approximate surface area is 136 Å². The molecule has 0 spiro atoms. The number of hydrogen-bond acceptors (Lipinski definition) is 4. The molecule has 1 aromatic heterocycles. The minimum Gasteiger partial charge on any atom is -0.461 e. The molecule has 2 rings (SSSR count). The molecule has 0 aliphatic heterocycles. The Hall–Kier alpha value is -1.30. The van der Waals surface area contributed by atoms with E-state index in [4.69, 9.17) is 39.5 Å². The smallest absolute Gasteiger partial charge is 0.360 e. The number of nitrogens with zero attached hydrogens (tertiary/aromatic N) is 3. The summed E-state index contributed by atoms with van der Waals surface area (Å²) >= 11 is 18.0. The van der Waals surface area contributed by atoms with Crippen LogP contribution in [0.2, 0.25) is 10.0 Å². The van der Waals surface area contributed by atoms with Gasteiger partial charge >= 0.3 is 5.97 Å². The van der Waals surface area contributed by atoms with Gasteiger partial charge in [0, 0.05) is 0 Å². The summed E-state index contributed by atoms with van der Waals surface area (Å²) in [4.78, 5) is 11.8. The van der Waals surface area contributed by atoms with Crippen molar-refractivity contribution in [2.45, 2.75) is 19.3 Å². The molecule has 0 amide bonds. The normalized spacial score (nSPS) is 10.7. The minimum absolute atomic E-state index is 0.0827. The van der Waals surface area contributed by atoms with Crippen molar-refractivity contribution < 1.29 is 9.53 Å². The van der Waals surface area contributed by atoms with Crippen LogP contribution in [-0.4, -0.2) is 27.6 Å². The first kappa shape index (κ1) is 16.1. The predicted octanol–water partition coefficient (Wildman–Crippen LogP) is 3.55. The molecule has 0 atom stereocenters. The molecular formula is C13H12Cl3N3O2. The first-order chi connectivity index (χ1) is 10.1. The molecule has 0 unspecified atom stereocenters. The van der Waals surface area contributed by atoms with E-state index in [0.29, 0.717) is 22.3 Å². The highest BCUT2D eigenvalue weighted by Crippen LogP contribution is 2.26. The average molecular weight is 349 g/mol. The summed E-state index contributed by atoms with van der Waals surface area (Å²) < 4.78 is 6.43. The SMILES string of the molecule is CCOC(=O)c1nnn(Cc2cccc(Cl)c2Cl)c1CCl. The number of carbonyl (C=O) groups is 1. The molecule has 0 saturated carbocycles. The first-order valence-corrected chi connectivity index (χ1v) is 7.45. The Morgan fingerprint density at radius 1 is 1.38 bits per heavy atom. The van der Waals surface area contributed by atoms with Gasteiger partial charge in [0.15, 0.2) is 5.69 Å². The lowest BCUT2D eigenvalue weighted by Crippen LogP contribution is -2.10. The zero-order valence-corrected chi connectivity index (χ0v) is 13.4. The summed E-state index contributed by atoms with van der Waals surface area (Å²) in [6.45, 7) is 2.29. The van der Waals surface area contributed by atoms with Crippen LogP contribution in [-0.2, 0) is 17.2 Å². The molecular weight excluding hydrogens is 337 g/mol. The molecule has 5 nitrogen and oxygen atoms in total. The number of aromatic nitrogens is 3. The van der Waals surface area contributed by atoms with E-state index in [1.807, 2.05) is 6.07 Å². The monoisotopic (exact) mass is 347 g/mol. The topological polar surface area (TPSA) is 57.0 Å². The highest BCUT2D eigenvalue weighted by Gasteiger charge is 2.20. The van der Waals surface area contributed by atoms with Gasteiger partial charge in [-0.25, -0.2) is 9.48 Å². The third-order valence-corrected chi connectivity index (χ3v) is 3.90. The van der Waals surface area contributed by atoms with Crippen molar-refractivity contribution >= 4 is 40.8 Å². The van der Waals surface area contributed by atoms with Crippen molar-refractivity contribution in [2.24, 2.45) is 0 Å². The van der Waals surface area contributed by atoms with Crippen LogP contribution in [0.3, 0.4) is 0 Å². The molecule has 0 radical (unpaired) electrons. The zero-order valence-electron chi connectivity index (χ0n) is 11.1. The number of hydrogen-bond donors (Lipinski definition) is 0. The fraction of sp³-hybridized carbons (Fsp3) is 0.308. The van der Waals surface area contributed by atoms with E-state index in [1.54, 1.807) is 19.1 Å². The van der Waals surface area contributed by atoms with E-state index in [2.05, 4.69) is 10.3 Å². The van der Waals surface area contributed by atoms with Gasteiger partial charge in [-0.05, 0) is 18.6 Å². The van der Waals surface area contributed by atoms with E-state index in [9.17, 15) is 4.79 Å². The Kier molecular flexibility index (Phi) is 5.45. The van der Waals surface area contributed by atoms with Crippen molar-refractivity contribution in [3.63, 3.8) is 0 Å². The number of halogens is 3. The van der Waals surface area contributed by atoms with Crippen LogP contribution in [0.15, 0.2) is 18.2 Å². The number of ether oxygens (including phenoxy) is 1. The average Bonchev–Trinajstić information content (AvgIpc) is 2.87. The zero-order chi connectivity index (χ0) is 15.4. The molecule has 2 aromatic rings. The summed E-state index contributed by atoms with van der Waals surface area (Å²) in [5.74, 6) is -0.462. The Balaban J connectivity index is 2.33. The lowest BCUT2D eigenvalue weighted by Gasteiger charge is -2.08. The minimum atomic E-state index is -0.545. The maximum atomic E-state index is 11.8. The number of benzene rings is 1. The molecule has 1 heterocycles. The number of carbonyl (C=O) groups excluding carboxylic acids is 1. The van der Waals surface area contributed by atoms with E-state index < -0.39 is 5.97 Å². The maximum absolute atomic E-state index is 11.8. The second kappa shape index (κ2) is 7.11. The Morgan fingerprint density at radius 2 is 2.14 bits per heavy atom. The fourth-order valence-corrected chi connectivity index (χ4v) is 2.43. The quantitative estimate of drug-likeness (QED) is 0.612. The fourth-order valence-electron chi connectivity index (χ4n) is 1.78. The van der Waals surface area contributed by atoms with Crippen molar-refractivity contribution in [3.8, 4) is 0 Å². The predicted molar refractivity (Wildman–Crippen MR) is 81.1 cm³/mol. The van der Waals surface area contributed by atoms with Crippen LogP contribution in [0.5, 0.6) is 0 Å². The van der Waals surface area contributed by atoms with Gasteiger partial charge in [0.25, 0.3) is 0 Å². The van der Waals surface area contributed by atoms with E-state index in [0.717, 1.165) is 5.56 Å². The van der Waals surface area contributed by atoms with Crippen LogP contribution in [0.1, 0.15) is 28.7 Å². The van der Waals surface area contributed by atoms with Crippen molar-refractivity contribution in [1.82, 2.24) is 15.0 Å². The van der Waals surface area contributed by atoms with Crippen molar-refractivity contribution in [2.75, 3.05) is 6.61 Å². The summed E-state index contributed by atoms with van der Waals surface area (Å²) in [6, 6.07) is 5.30. The van der Waals surface area contributed by atoms with Gasteiger partial charge in [0.05, 0.1) is 34.8 Å². The second-order valence-corrected chi connectivity index (χ2v) is 5.16. The van der Waals surface area contributed by atoms with Crippen molar-refractivity contribution in [1.29, 1.82) is 0 Å². The number of rotatable bonds is 5. The van der Waals surface area contributed by atoms with E-state index in [-0.39, 0.29) is 18.2 Å². The van der Waals surface area contributed by atoms with Crippen LogP contribution < -0.4 is 0 Å². The summed E-state index contributed by atoms with van der Waals surface area (Å²) in [7, 11) is 0. The Bertz CT molecular complexity index is 658. The lowest BCUT2D eigenvalue weighted by molar-refractivity contribution is 0.0518. The van der Waals surface area contributed by atoms with Crippen LogP contribution >= 0.6 is 34.8 Å². The summed E-state index contributed by atoms with van der Waals surface area (Å²) in [5, 5.41) is 8.66. The molecule has 112 valence electrons. The standard InChI is InChI=1S/C13H12Cl3N3O2/c1-2-21-13(20)12-10(6-14)19(18-17-12)7-8-4-3-5-9(15)11(8)16/h3-5H,2,6-7H2,1H3. The van der Waals surface area contributed by atoms with Crippen LogP contribution in [0, 0.1) is 0 Å². The van der Waals surface area contributed by atoms with Crippen molar-refractivity contribution in [3.05, 3.63) is 45.2 Å². The molecule has 0 N–H and O–H groups in total. The molecule has 1 aromatic carbocycles. The first-order valence-electron chi connectivity index (χ1n) is 6.16. The van der Waals surface area contributed by atoms with Gasteiger partial charge in [-0.15, -0.1) is 16.7 Å². The second-order valence-electron chi connectivity index (χ2n) is 4.11. The summed E-state index contributed by atoms with van der Waals surface area (Å²) in [5.41, 5.74) is 1.35. The molecule has 0 fully saturated rings. The molecule has 8 heteroatoms. The van der Waals surface area contributed by atoms with Gasteiger partial charge in [0.1, 0.15) is 0 Å². The van der Waals surface area contributed by atoms with Gasteiger partial charge < -0.3 is 4.74 Å². The van der Waals surface area contributed by atoms with Gasteiger partial charge in [-0.1, -0.05) is 40.5 Å². The number of alkyl halides is 1. The lowest BCUT2D eigenvalue weighted by atomic mass is 10.2. The van der Waals surface area contributed by atoms with Crippen LogP contribution in [0.25, 0.3) is 0 Å². The third-order valence-electron chi connectivity index (χ3n) is 2.78. The molecule has 0 aliphatic carbocycles. The highest BCUT2D eigenvalue weighted by atomic mass is 35.5. The molecule has 0 bridgehead atoms. The van der Waals surface area contributed by atoms with E-state index in [1.165, 1.54) is 4.68 Å². The van der Waals surface area contributed by atoms with Gasteiger partial charge in [0.2, 0.25) is 0 Å². The Morgan fingerprint density at radius 3 is 2.81 bits per heavy atom.